The first kappa shape index (κ1) is 19.1. The molecule has 0 bridgehead atoms. The summed E-state index contributed by atoms with van der Waals surface area (Å²) in [6.45, 7) is 3.33. The molecule has 1 aromatic heterocycles. The van der Waals surface area contributed by atoms with E-state index >= 15 is 0 Å². The summed E-state index contributed by atoms with van der Waals surface area (Å²) in [6, 6.07) is 6.20. The van der Waals surface area contributed by atoms with Gasteiger partial charge in [0.2, 0.25) is 5.75 Å². The van der Waals surface area contributed by atoms with Gasteiger partial charge in [0, 0.05) is 31.1 Å². The third-order valence-corrected chi connectivity index (χ3v) is 4.53. The fourth-order valence-corrected chi connectivity index (χ4v) is 3.07. The zero-order chi connectivity index (χ0) is 20.4. The number of benzene rings is 2. The molecule has 152 valence electrons. The lowest BCUT2D eigenvalue weighted by Gasteiger charge is -2.23. The molecule has 0 atom stereocenters. The number of hydrogen-bond acceptors (Lipinski definition) is 7. The molecule has 0 spiro atoms. The number of aryl methyl sites for hydroxylation is 1. The average Bonchev–Trinajstić information content (AvgIpc) is 2.72. The van der Waals surface area contributed by atoms with Gasteiger partial charge in [-0.05, 0) is 24.6 Å². The van der Waals surface area contributed by atoms with Gasteiger partial charge in [-0.3, -0.25) is 4.98 Å². The van der Waals surface area contributed by atoms with Crippen molar-refractivity contribution < 1.29 is 28.1 Å². The van der Waals surface area contributed by atoms with Crippen LogP contribution in [0.1, 0.15) is 5.56 Å². The lowest BCUT2D eigenvalue weighted by Crippen LogP contribution is -2.17. The van der Waals surface area contributed by atoms with E-state index in [1.165, 1.54) is 6.07 Å². The average molecular weight is 400 g/mol. The molecular weight excluding hydrogens is 379 g/mol. The molecule has 1 aliphatic heterocycles. The van der Waals surface area contributed by atoms with Crippen LogP contribution in [0.3, 0.4) is 0 Å². The van der Waals surface area contributed by atoms with Crippen molar-refractivity contribution >= 4 is 16.6 Å². The standard InChI is InChI=1S/C21H21FN2O5/c1-12-9-17(13(22)10-14(12)23)29-16-3-4-24-15-11-18(26-6-5-25-2)20-21(19(15)16)28-8-7-27-20/h3-4,9-11H,5-8,23H2,1-2H3. The third-order valence-electron chi connectivity index (χ3n) is 4.53. The second kappa shape index (κ2) is 8.00. The Kier molecular flexibility index (Phi) is 5.26. The van der Waals surface area contributed by atoms with Crippen molar-refractivity contribution in [2.75, 3.05) is 39.3 Å². The molecule has 0 fully saturated rings. The first-order valence-corrected chi connectivity index (χ1v) is 9.15. The fraction of sp³-hybridized carbons (Fsp3) is 0.286. The SMILES string of the molecule is COCCOc1cc2nccc(Oc3cc(C)c(N)cc3F)c2c2c1OCCO2. The number of methoxy groups -OCH3 is 1. The van der Waals surface area contributed by atoms with Crippen LogP contribution in [-0.4, -0.2) is 38.5 Å². The number of nitrogens with two attached hydrogens (primary N) is 1. The van der Waals surface area contributed by atoms with Crippen LogP contribution in [0, 0.1) is 12.7 Å². The van der Waals surface area contributed by atoms with Crippen molar-refractivity contribution in [2.24, 2.45) is 0 Å². The number of nitrogen functional groups attached to an aromatic ring is 1. The van der Waals surface area contributed by atoms with Gasteiger partial charge in [-0.1, -0.05) is 0 Å². The molecule has 2 N–H and O–H groups in total. The smallest absolute Gasteiger partial charge is 0.204 e. The summed E-state index contributed by atoms with van der Waals surface area (Å²) >= 11 is 0. The van der Waals surface area contributed by atoms with Gasteiger partial charge >= 0.3 is 0 Å². The van der Waals surface area contributed by atoms with Crippen LogP contribution in [0.15, 0.2) is 30.5 Å². The van der Waals surface area contributed by atoms with Gasteiger partial charge in [0.1, 0.15) is 25.6 Å². The number of pyridine rings is 1. The predicted octanol–water partition coefficient (Wildman–Crippen LogP) is 3.85. The van der Waals surface area contributed by atoms with Gasteiger partial charge in [-0.2, -0.15) is 0 Å². The van der Waals surface area contributed by atoms with E-state index in [4.69, 9.17) is 29.4 Å². The van der Waals surface area contributed by atoms with Crippen LogP contribution in [-0.2, 0) is 4.74 Å². The number of ether oxygens (including phenoxy) is 5. The molecule has 0 aliphatic carbocycles. The van der Waals surface area contributed by atoms with E-state index in [0.717, 1.165) is 5.56 Å². The van der Waals surface area contributed by atoms with E-state index in [-0.39, 0.29) is 5.75 Å². The maximum Gasteiger partial charge on any atom is 0.204 e. The van der Waals surface area contributed by atoms with Crippen LogP contribution >= 0.6 is 0 Å². The molecule has 0 radical (unpaired) electrons. The summed E-state index contributed by atoms with van der Waals surface area (Å²) in [6.07, 6.45) is 1.58. The molecular formula is C21H21FN2O5. The van der Waals surface area contributed by atoms with Crippen molar-refractivity contribution in [1.29, 1.82) is 0 Å². The number of hydrogen-bond donors (Lipinski definition) is 1. The second-order valence-electron chi connectivity index (χ2n) is 6.52. The Labute approximate surface area is 167 Å². The van der Waals surface area contributed by atoms with Crippen molar-refractivity contribution in [2.45, 2.75) is 6.92 Å². The minimum atomic E-state index is -0.552. The van der Waals surface area contributed by atoms with E-state index in [9.17, 15) is 4.39 Å². The highest BCUT2D eigenvalue weighted by Crippen LogP contribution is 2.48. The first-order chi connectivity index (χ1) is 14.1. The van der Waals surface area contributed by atoms with Gasteiger partial charge in [-0.15, -0.1) is 0 Å². The summed E-state index contributed by atoms with van der Waals surface area (Å²) in [4.78, 5) is 4.39. The largest absolute Gasteiger partial charge is 0.487 e. The lowest BCUT2D eigenvalue weighted by atomic mass is 10.1. The zero-order valence-corrected chi connectivity index (χ0v) is 16.2. The Balaban J connectivity index is 1.81. The second-order valence-corrected chi connectivity index (χ2v) is 6.52. The van der Waals surface area contributed by atoms with Crippen molar-refractivity contribution in [3.05, 3.63) is 41.8 Å². The van der Waals surface area contributed by atoms with E-state index in [1.807, 2.05) is 0 Å². The molecule has 2 heterocycles. The molecule has 2 aromatic carbocycles. The number of nitrogens with zero attached hydrogens (tertiary/aromatic N) is 1. The molecule has 7 nitrogen and oxygen atoms in total. The van der Waals surface area contributed by atoms with Gasteiger partial charge in [-0.25, -0.2) is 4.39 Å². The van der Waals surface area contributed by atoms with Crippen LogP contribution < -0.4 is 24.7 Å². The summed E-state index contributed by atoms with van der Waals surface area (Å²) in [5.74, 6) is 1.33. The number of anilines is 1. The van der Waals surface area contributed by atoms with Gasteiger partial charge < -0.3 is 29.4 Å². The maximum absolute atomic E-state index is 14.4. The van der Waals surface area contributed by atoms with Gasteiger partial charge in [0.25, 0.3) is 0 Å². The molecule has 8 heteroatoms. The highest BCUT2D eigenvalue weighted by Gasteiger charge is 2.25. The van der Waals surface area contributed by atoms with Gasteiger partial charge in [0.05, 0.1) is 17.5 Å². The van der Waals surface area contributed by atoms with E-state index < -0.39 is 5.82 Å². The van der Waals surface area contributed by atoms with E-state index in [2.05, 4.69) is 4.98 Å². The number of fused-ring (bicyclic) bond motifs is 3. The Bertz CT molecular complexity index is 1060. The fourth-order valence-electron chi connectivity index (χ4n) is 3.07. The predicted molar refractivity (Wildman–Crippen MR) is 106 cm³/mol. The third kappa shape index (κ3) is 3.71. The van der Waals surface area contributed by atoms with Crippen molar-refractivity contribution in [3.8, 4) is 28.7 Å². The minimum Gasteiger partial charge on any atom is -0.487 e. The zero-order valence-electron chi connectivity index (χ0n) is 16.2. The Hall–Kier alpha value is -3.26. The number of aromatic nitrogens is 1. The molecule has 4 rings (SSSR count). The highest BCUT2D eigenvalue weighted by atomic mass is 19.1. The molecule has 1 aliphatic rings. The van der Waals surface area contributed by atoms with Crippen LogP contribution in [0.5, 0.6) is 28.7 Å². The van der Waals surface area contributed by atoms with E-state index in [0.29, 0.717) is 66.0 Å². The maximum atomic E-state index is 14.4. The highest BCUT2D eigenvalue weighted by molar-refractivity contribution is 5.95. The quantitative estimate of drug-likeness (QED) is 0.497. The topological polar surface area (TPSA) is 85.1 Å². The summed E-state index contributed by atoms with van der Waals surface area (Å²) in [5, 5.41) is 0.579. The summed E-state index contributed by atoms with van der Waals surface area (Å²) < 4.78 is 42.7. The van der Waals surface area contributed by atoms with Gasteiger partial charge in [0.15, 0.2) is 23.1 Å². The monoisotopic (exact) mass is 400 g/mol. The Morgan fingerprint density at radius 3 is 2.66 bits per heavy atom. The molecule has 0 saturated carbocycles. The van der Waals surface area contributed by atoms with Crippen molar-refractivity contribution in [1.82, 2.24) is 4.98 Å². The molecule has 0 amide bonds. The summed E-state index contributed by atoms with van der Waals surface area (Å²) in [7, 11) is 1.60. The number of rotatable bonds is 6. The van der Waals surface area contributed by atoms with Crippen LogP contribution in [0.25, 0.3) is 10.9 Å². The molecule has 3 aromatic rings. The first-order valence-electron chi connectivity index (χ1n) is 9.15. The normalized spacial score (nSPS) is 12.8. The molecule has 0 unspecified atom stereocenters. The van der Waals surface area contributed by atoms with Crippen LogP contribution in [0.4, 0.5) is 10.1 Å². The molecule has 0 saturated heterocycles. The van der Waals surface area contributed by atoms with Crippen LogP contribution in [0.2, 0.25) is 0 Å². The Morgan fingerprint density at radius 2 is 1.86 bits per heavy atom. The lowest BCUT2D eigenvalue weighted by molar-refractivity contribution is 0.134. The van der Waals surface area contributed by atoms with E-state index in [1.54, 1.807) is 38.4 Å². The summed E-state index contributed by atoms with van der Waals surface area (Å²) in [5.41, 5.74) is 7.42. The Morgan fingerprint density at radius 1 is 1.07 bits per heavy atom. The van der Waals surface area contributed by atoms with Crippen molar-refractivity contribution in [3.63, 3.8) is 0 Å². The minimum absolute atomic E-state index is 0.0649. The number of halogens is 1. The molecule has 29 heavy (non-hydrogen) atoms.